The normalized spacial score (nSPS) is 30.6. The number of amides is 1. The van der Waals surface area contributed by atoms with E-state index in [1.807, 2.05) is 0 Å². The average molecular weight is 191 g/mol. The van der Waals surface area contributed by atoms with Crippen molar-refractivity contribution in [2.45, 2.75) is 25.1 Å². The molecule has 1 amide bonds. The standard InChI is InChI=1S/C8H14FNO3/c1-6(12)7(13)10-3-2-8(9,4-10)5-11/h6,11-12H,2-5H2,1H3/t6-,8?/m1/s1. The van der Waals surface area contributed by atoms with E-state index in [2.05, 4.69) is 0 Å². The molecule has 0 aliphatic carbocycles. The average Bonchev–Trinajstić information content (AvgIpc) is 2.47. The van der Waals surface area contributed by atoms with Crippen LogP contribution in [-0.2, 0) is 4.79 Å². The number of aliphatic hydroxyl groups is 2. The van der Waals surface area contributed by atoms with Gasteiger partial charge in [-0.3, -0.25) is 4.79 Å². The van der Waals surface area contributed by atoms with Gasteiger partial charge in [-0.05, 0) is 6.92 Å². The van der Waals surface area contributed by atoms with Crippen molar-refractivity contribution >= 4 is 5.91 Å². The quantitative estimate of drug-likeness (QED) is 0.606. The molecule has 1 fully saturated rings. The lowest BCUT2D eigenvalue weighted by molar-refractivity contribution is -0.138. The first-order valence-electron chi connectivity index (χ1n) is 4.25. The van der Waals surface area contributed by atoms with Gasteiger partial charge in [0.05, 0.1) is 13.2 Å². The number of nitrogens with zero attached hydrogens (tertiary/aromatic N) is 1. The Labute approximate surface area is 76.0 Å². The maximum Gasteiger partial charge on any atom is 0.251 e. The zero-order valence-electron chi connectivity index (χ0n) is 7.53. The summed E-state index contributed by atoms with van der Waals surface area (Å²) in [5.74, 6) is -0.479. The minimum absolute atomic E-state index is 0.118. The lowest BCUT2D eigenvalue weighted by Crippen LogP contribution is -2.39. The number of hydrogen-bond acceptors (Lipinski definition) is 3. The monoisotopic (exact) mass is 191 g/mol. The molecule has 0 radical (unpaired) electrons. The Morgan fingerprint density at radius 1 is 1.77 bits per heavy atom. The lowest BCUT2D eigenvalue weighted by atomic mass is 10.1. The van der Waals surface area contributed by atoms with E-state index in [1.165, 1.54) is 11.8 Å². The third-order valence-corrected chi connectivity index (χ3v) is 2.26. The SMILES string of the molecule is C[C@@H](O)C(=O)N1CCC(F)(CO)C1. The molecule has 0 aromatic rings. The van der Waals surface area contributed by atoms with Crippen LogP contribution in [0.5, 0.6) is 0 Å². The Morgan fingerprint density at radius 2 is 2.38 bits per heavy atom. The van der Waals surface area contributed by atoms with Gasteiger partial charge in [0.2, 0.25) is 0 Å². The molecule has 0 bridgehead atoms. The van der Waals surface area contributed by atoms with Crippen LogP contribution in [0.1, 0.15) is 13.3 Å². The van der Waals surface area contributed by atoms with Crippen molar-refractivity contribution < 1.29 is 19.4 Å². The molecule has 1 unspecified atom stereocenters. The Bertz CT molecular complexity index is 210. The van der Waals surface area contributed by atoms with E-state index in [0.29, 0.717) is 0 Å². The van der Waals surface area contributed by atoms with Gasteiger partial charge in [0.25, 0.3) is 5.91 Å². The van der Waals surface area contributed by atoms with Crippen molar-refractivity contribution in [3.05, 3.63) is 0 Å². The third kappa shape index (κ3) is 2.16. The Balaban J connectivity index is 2.55. The van der Waals surface area contributed by atoms with Gasteiger partial charge >= 0.3 is 0 Å². The van der Waals surface area contributed by atoms with Gasteiger partial charge in [-0.15, -0.1) is 0 Å². The van der Waals surface area contributed by atoms with E-state index < -0.39 is 24.3 Å². The van der Waals surface area contributed by atoms with Crippen LogP contribution in [0.15, 0.2) is 0 Å². The molecule has 2 atom stereocenters. The molecular formula is C8H14FNO3. The fourth-order valence-corrected chi connectivity index (χ4v) is 1.42. The first kappa shape index (κ1) is 10.4. The molecule has 0 saturated carbocycles. The van der Waals surface area contributed by atoms with Crippen LogP contribution in [0.3, 0.4) is 0 Å². The summed E-state index contributed by atoms with van der Waals surface area (Å²) in [6.07, 6.45) is -0.955. The van der Waals surface area contributed by atoms with E-state index in [-0.39, 0.29) is 19.5 Å². The first-order chi connectivity index (χ1) is 5.98. The Hall–Kier alpha value is -0.680. The maximum absolute atomic E-state index is 13.4. The van der Waals surface area contributed by atoms with Crippen molar-refractivity contribution in [3.63, 3.8) is 0 Å². The summed E-state index contributed by atoms with van der Waals surface area (Å²) < 4.78 is 13.4. The molecule has 1 heterocycles. The van der Waals surface area contributed by atoms with Gasteiger partial charge in [-0.25, -0.2) is 4.39 Å². The van der Waals surface area contributed by atoms with Crippen molar-refractivity contribution in [1.82, 2.24) is 4.90 Å². The fraction of sp³-hybridized carbons (Fsp3) is 0.875. The van der Waals surface area contributed by atoms with Crippen LogP contribution in [0, 0.1) is 0 Å². The number of hydrogen-bond donors (Lipinski definition) is 2. The molecule has 4 nitrogen and oxygen atoms in total. The van der Waals surface area contributed by atoms with Crippen molar-refractivity contribution in [2.24, 2.45) is 0 Å². The molecule has 1 saturated heterocycles. The zero-order chi connectivity index (χ0) is 10.1. The summed E-state index contributed by atoms with van der Waals surface area (Å²) >= 11 is 0. The third-order valence-electron chi connectivity index (χ3n) is 2.26. The van der Waals surface area contributed by atoms with Crippen LogP contribution >= 0.6 is 0 Å². The molecule has 0 aromatic heterocycles. The number of likely N-dealkylation sites (tertiary alicyclic amines) is 1. The zero-order valence-corrected chi connectivity index (χ0v) is 7.53. The van der Waals surface area contributed by atoms with Crippen molar-refractivity contribution in [2.75, 3.05) is 19.7 Å². The second-order valence-corrected chi connectivity index (χ2v) is 3.49. The molecule has 1 rings (SSSR count). The van der Waals surface area contributed by atoms with E-state index >= 15 is 0 Å². The van der Waals surface area contributed by atoms with Gasteiger partial charge in [0.1, 0.15) is 6.10 Å². The summed E-state index contributed by atoms with van der Waals surface area (Å²) in [6, 6.07) is 0. The van der Waals surface area contributed by atoms with E-state index in [9.17, 15) is 9.18 Å². The molecule has 0 aromatic carbocycles. The van der Waals surface area contributed by atoms with E-state index in [1.54, 1.807) is 0 Å². The van der Waals surface area contributed by atoms with Crippen LogP contribution in [-0.4, -0.2) is 52.5 Å². The highest BCUT2D eigenvalue weighted by Crippen LogP contribution is 2.25. The molecule has 13 heavy (non-hydrogen) atoms. The number of aliphatic hydroxyl groups excluding tert-OH is 2. The van der Waals surface area contributed by atoms with E-state index in [4.69, 9.17) is 10.2 Å². The molecule has 1 aliphatic heterocycles. The van der Waals surface area contributed by atoms with Crippen LogP contribution in [0.4, 0.5) is 4.39 Å². The summed E-state index contributed by atoms with van der Waals surface area (Å²) in [4.78, 5) is 12.4. The number of carbonyl (C=O) groups excluding carboxylic acids is 1. The molecule has 1 aliphatic rings. The first-order valence-corrected chi connectivity index (χ1v) is 4.25. The highest BCUT2D eigenvalue weighted by atomic mass is 19.1. The Morgan fingerprint density at radius 3 is 2.77 bits per heavy atom. The number of rotatable bonds is 2. The minimum atomic E-state index is -1.68. The van der Waals surface area contributed by atoms with Gasteiger partial charge in [0, 0.05) is 13.0 Å². The second kappa shape index (κ2) is 3.59. The minimum Gasteiger partial charge on any atom is -0.393 e. The molecular weight excluding hydrogens is 177 g/mol. The molecule has 0 spiro atoms. The van der Waals surface area contributed by atoms with Crippen LogP contribution in [0.2, 0.25) is 0 Å². The van der Waals surface area contributed by atoms with Crippen LogP contribution in [0.25, 0.3) is 0 Å². The predicted molar refractivity (Wildman–Crippen MR) is 43.8 cm³/mol. The topological polar surface area (TPSA) is 60.8 Å². The van der Waals surface area contributed by atoms with Crippen molar-refractivity contribution in [3.8, 4) is 0 Å². The highest BCUT2D eigenvalue weighted by molar-refractivity contribution is 5.80. The smallest absolute Gasteiger partial charge is 0.251 e. The fourth-order valence-electron chi connectivity index (χ4n) is 1.42. The summed E-state index contributed by atoms with van der Waals surface area (Å²) in [5.41, 5.74) is -1.68. The van der Waals surface area contributed by atoms with Gasteiger partial charge in [0.15, 0.2) is 5.67 Å². The molecule has 76 valence electrons. The highest BCUT2D eigenvalue weighted by Gasteiger charge is 2.40. The van der Waals surface area contributed by atoms with Gasteiger partial charge in [-0.2, -0.15) is 0 Å². The van der Waals surface area contributed by atoms with E-state index in [0.717, 1.165) is 0 Å². The van der Waals surface area contributed by atoms with Crippen molar-refractivity contribution in [1.29, 1.82) is 0 Å². The van der Waals surface area contributed by atoms with Gasteiger partial charge in [-0.1, -0.05) is 0 Å². The molecule has 5 heteroatoms. The number of carbonyl (C=O) groups is 1. The predicted octanol–water partition coefficient (Wildman–Crippen LogP) is -0.700. The summed E-state index contributed by atoms with van der Waals surface area (Å²) in [5, 5.41) is 17.6. The number of halogens is 1. The largest absolute Gasteiger partial charge is 0.393 e. The van der Waals surface area contributed by atoms with Crippen LogP contribution < -0.4 is 0 Å². The summed E-state index contributed by atoms with van der Waals surface area (Å²) in [7, 11) is 0. The summed E-state index contributed by atoms with van der Waals surface area (Å²) in [6.45, 7) is 0.921. The Kier molecular flexibility index (Phi) is 2.87. The lowest BCUT2D eigenvalue weighted by Gasteiger charge is -2.19. The number of alkyl halides is 1. The second-order valence-electron chi connectivity index (χ2n) is 3.49. The molecule has 2 N–H and O–H groups in total. The maximum atomic E-state index is 13.4. The van der Waals surface area contributed by atoms with Gasteiger partial charge < -0.3 is 15.1 Å².